The summed E-state index contributed by atoms with van der Waals surface area (Å²) in [6.45, 7) is 3.81. The number of amides is 2. The molecule has 0 aliphatic carbocycles. The van der Waals surface area contributed by atoms with Gasteiger partial charge in [-0.05, 0) is 37.4 Å². The lowest BCUT2D eigenvalue weighted by Gasteiger charge is -2.31. The molecule has 3 heterocycles. The second-order valence-corrected chi connectivity index (χ2v) is 8.82. The first-order valence-electron chi connectivity index (χ1n) is 10.0. The van der Waals surface area contributed by atoms with E-state index in [0.717, 1.165) is 31.7 Å². The summed E-state index contributed by atoms with van der Waals surface area (Å²) in [6.07, 6.45) is 3.36. The third kappa shape index (κ3) is 5.65. The molecule has 0 atom stereocenters. The summed E-state index contributed by atoms with van der Waals surface area (Å²) in [5.41, 5.74) is 1.57. The Bertz CT molecular complexity index is 1100. The van der Waals surface area contributed by atoms with Crippen molar-refractivity contribution in [1.82, 2.24) is 25.0 Å². The standard InChI is InChI=1S/C21H22ClN7O2S/c1-28-7-9-29(10-8-28)13-18(30)24-17-11-14(4-5-16(17)22)19(31)25-21-27-26-20(32-21)15-3-2-6-23-12-15/h2-6,11-12H,7-10,13H2,1H3,(H,24,30)(H,25,27,31). The molecule has 2 amide bonds. The largest absolute Gasteiger partial charge is 0.324 e. The number of anilines is 2. The maximum Gasteiger partial charge on any atom is 0.257 e. The third-order valence-corrected chi connectivity index (χ3v) is 6.24. The van der Waals surface area contributed by atoms with Crippen LogP contribution in [0.4, 0.5) is 10.8 Å². The summed E-state index contributed by atoms with van der Waals surface area (Å²) < 4.78 is 0. The third-order valence-electron chi connectivity index (χ3n) is 5.02. The van der Waals surface area contributed by atoms with Crippen molar-refractivity contribution in [2.75, 3.05) is 50.4 Å². The maximum atomic E-state index is 12.7. The van der Waals surface area contributed by atoms with Crippen LogP contribution in [0.1, 0.15) is 10.4 Å². The van der Waals surface area contributed by atoms with Gasteiger partial charge in [0, 0.05) is 49.7 Å². The molecule has 166 valence electrons. The fourth-order valence-corrected chi connectivity index (χ4v) is 4.10. The first-order valence-corrected chi connectivity index (χ1v) is 11.2. The molecule has 0 unspecified atom stereocenters. The average molecular weight is 472 g/mol. The second-order valence-electron chi connectivity index (χ2n) is 7.43. The smallest absolute Gasteiger partial charge is 0.257 e. The number of likely N-dealkylation sites (N-methyl/N-ethyl adjacent to an activating group) is 1. The van der Waals surface area contributed by atoms with E-state index in [9.17, 15) is 9.59 Å². The molecule has 0 bridgehead atoms. The lowest BCUT2D eigenvalue weighted by Crippen LogP contribution is -2.47. The number of hydrogen-bond acceptors (Lipinski definition) is 8. The van der Waals surface area contributed by atoms with Crippen LogP contribution in [0.5, 0.6) is 0 Å². The average Bonchev–Trinajstić information content (AvgIpc) is 3.26. The molecule has 0 radical (unpaired) electrons. The Kier molecular flexibility index (Phi) is 7.05. The molecule has 1 aliphatic rings. The molecule has 2 N–H and O–H groups in total. The van der Waals surface area contributed by atoms with E-state index >= 15 is 0 Å². The molecule has 4 rings (SSSR count). The zero-order valence-corrected chi connectivity index (χ0v) is 19.0. The molecule has 3 aromatic rings. The van der Waals surface area contributed by atoms with Crippen molar-refractivity contribution in [2.24, 2.45) is 0 Å². The number of nitrogens with one attached hydrogen (secondary N) is 2. The van der Waals surface area contributed by atoms with Crippen molar-refractivity contribution in [2.45, 2.75) is 0 Å². The van der Waals surface area contributed by atoms with Crippen molar-refractivity contribution in [3.05, 3.63) is 53.3 Å². The van der Waals surface area contributed by atoms with Gasteiger partial charge in [-0.15, -0.1) is 10.2 Å². The van der Waals surface area contributed by atoms with Gasteiger partial charge >= 0.3 is 0 Å². The summed E-state index contributed by atoms with van der Waals surface area (Å²) in [5.74, 6) is -0.538. The molecule has 1 aromatic carbocycles. The molecule has 32 heavy (non-hydrogen) atoms. The number of carbonyl (C=O) groups excluding carboxylic acids is 2. The summed E-state index contributed by atoms with van der Waals surface area (Å²) in [7, 11) is 2.06. The number of carbonyl (C=O) groups is 2. The Balaban J connectivity index is 1.39. The van der Waals surface area contributed by atoms with E-state index in [1.807, 2.05) is 12.1 Å². The van der Waals surface area contributed by atoms with E-state index in [2.05, 4.69) is 42.7 Å². The lowest BCUT2D eigenvalue weighted by molar-refractivity contribution is -0.117. The van der Waals surface area contributed by atoms with Gasteiger partial charge in [0.2, 0.25) is 11.0 Å². The van der Waals surface area contributed by atoms with Gasteiger partial charge in [-0.2, -0.15) is 0 Å². The van der Waals surface area contributed by atoms with E-state index in [0.29, 0.717) is 26.4 Å². The molecule has 9 nitrogen and oxygen atoms in total. The highest BCUT2D eigenvalue weighted by Crippen LogP contribution is 2.27. The Morgan fingerprint density at radius 3 is 2.69 bits per heavy atom. The van der Waals surface area contributed by atoms with Crippen LogP contribution in [0.3, 0.4) is 0 Å². The molecular formula is C21H22ClN7O2S. The van der Waals surface area contributed by atoms with E-state index in [1.165, 1.54) is 11.3 Å². The number of benzene rings is 1. The lowest BCUT2D eigenvalue weighted by atomic mass is 10.2. The zero-order valence-electron chi connectivity index (χ0n) is 17.4. The Hall–Kier alpha value is -2.92. The Morgan fingerprint density at radius 2 is 1.94 bits per heavy atom. The predicted octanol–water partition coefficient (Wildman–Crippen LogP) is 2.69. The molecule has 0 saturated carbocycles. The summed E-state index contributed by atoms with van der Waals surface area (Å²) in [5, 5.41) is 15.0. The summed E-state index contributed by atoms with van der Waals surface area (Å²) in [4.78, 5) is 33.6. The van der Waals surface area contributed by atoms with Crippen molar-refractivity contribution in [3.63, 3.8) is 0 Å². The number of pyridine rings is 1. The van der Waals surface area contributed by atoms with Gasteiger partial charge in [0.1, 0.15) is 0 Å². The molecule has 0 spiro atoms. The number of halogens is 1. The van der Waals surface area contributed by atoms with Crippen LogP contribution in [0.15, 0.2) is 42.7 Å². The van der Waals surface area contributed by atoms with Gasteiger partial charge in [-0.3, -0.25) is 24.8 Å². The highest BCUT2D eigenvalue weighted by Gasteiger charge is 2.18. The van der Waals surface area contributed by atoms with E-state index in [-0.39, 0.29) is 18.4 Å². The minimum atomic E-state index is -0.370. The van der Waals surface area contributed by atoms with Crippen LogP contribution >= 0.6 is 22.9 Å². The van der Waals surface area contributed by atoms with Crippen molar-refractivity contribution in [1.29, 1.82) is 0 Å². The van der Waals surface area contributed by atoms with Crippen LogP contribution < -0.4 is 10.6 Å². The number of rotatable bonds is 6. The second kappa shape index (κ2) is 10.1. The number of piperazine rings is 1. The summed E-state index contributed by atoms with van der Waals surface area (Å²) in [6, 6.07) is 8.42. The molecule has 1 saturated heterocycles. The summed E-state index contributed by atoms with van der Waals surface area (Å²) >= 11 is 7.49. The van der Waals surface area contributed by atoms with Gasteiger partial charge in [0.25, 0.3) is 5.91 Å². The number of aromatic nitrogens is 3. The van der Waals surface area contributed by atoms with Crippen LogP contribution in [0.25, 0.3) is 10.6 Å². The van der Waals surface area contributed by atoms with Gasteiger partial charge in [0.05, 0.1) is 17.3 Å². The molecular weight excluding hydrogens is 450 g/mol. The minimum Gasteiger partial charge on any atom is -0.324 e. The van der Waals surface area contributed by atoms with Crippen LogP contribution in [-0.2, 0) is 4.79 Å². The highest BCUT2D eigenvalue weighted by molar-refractivity contribution is 7.18. The molecule has 1 fully saturated rings. The van der Waals surface area contributed by atoms with Gasteiger partial charge in [-0.1, -0.05) is 22.9 Å². The maximum absolute atomic E-state index is 12.7. The Labute approximate surface area is 194 Å². The van der Waals surface area contributed by atoms with E-state index in [4.69, 9.17) is 11.6 Å². The minimum absolute atomic E-state index is 0.167. The monoisotopic (exact) mass is 471 g/mol. The van der Waals surface area contributed by atoms with Gasteiger partial charge < -0.3 is 10.2 Å². The zero-order chi connectivity index (χ0) is 22.5. The number of nitrogens with zero attached hydrogens (tertiary/aromatic N) is 5. The molecule has 2 aromatic heterocycles. The van der Waals surface area contributed by atoms with E-state index < -0.39 is 0 Å². The Morgan fingerprint density at radius 1 is 1.12 bits per heavy atom. The van der Waals surface area contributed by atoms with E-state index in [1.54, 1.807) is 30.6 Å². The first-order chi connectivity index (χ1) is 15.5. The van der Waals surface area contributed by atoms with Crippen molar-refractivity contribution >= 4 is 45.6 Å². The fraction of sp³-hybridized carbons (Fsp3) is 0.286. The van der Waals surface area contributed by atoms with Crippen molar-refractivity contribution < 1.29 is 9.59 Å². The topological polar surface area (TPSA) is 103 Å². The SMILES string of the molecule is CN1CCN(CC(=O)Nc2cc(C(=O)Nc3nnc(-c4cccnc4)s3)ccc2Cl)CC1. The number of hydrogen-bond donors (Lipinski definition) is 2. The quantitative estimate of drug-likeness (QED) is 0.569. The van der Waals surface area contributed by atoms with Crippen LogP contribution in [0, 0.1) is 0 Å². The highest BCUT2D eigenvalue weighted by atomic mass is 35.5. The van der Waals surface area contributed by atoms with Gasteiger partial charge in [-0.25, -0.2) is 0 Å². The predicted molar refractivity (Wildman–Crippen MR) is 125 cm³/mol. The van der Waals surface area contributed by atoms with Crippen LogP contribution in [0.2, 0.25) is 5.02 Å². The normalized spacial score (nSPS) is 14.8. The molecule has 11 heteroatoms. The van der Waals surface area contributed by atoms with Crippen LogP contribution in [-0.4, -0.2) is 76.6 Å². The fourth-order valence-electron chi connectivity index (χ4n) is 3.21. The van der Waals surface area contributed by atoms with Crippen molar-refractivity contribution in [3.8, 4) is 10.6 Å². The first kappa shape index (κ1) is 22.3. The van der Waals surface area contributed by atoms with Gasteiger partial charge in [0.15, 0.2) is 5.01 Å². The molecule has 1 aliphatic heterocycles.